The molecule has 0 aliphatic rings. The summed E-state index contributed by atoms with van der Waals surface area (Å²) in [5.41, 5.74) is 14.2. The first-order valence-electron chi connectivity index (χ1n) is 23.3. The number of aromatic nitrogens is 5. The zero-order chi connectivity index (χ0) is 45.4. The van der Waals surface area contributed by atoms with Crippen LogP contribution in [0, 0.1) is 0 Å². The monoisotopic (exact) mass is 897 g/mol. The first-order chi connectivity index (χ1) is 34.2. The van der Waals surface area contributed by atoms with Crippen LogP contribution in [0.25, 0.3) is 132 Å². The van der Waals surface area contributed by atoms with E-state index in [1.807, 2.05) is 18.2 Å². The highest BCUT2D eigenvalue weighted by molar-refractivity contribution is 7.26. The number of para-hydroxylation sites is 4. The Hall–Kier alpha value is -8.97. The van der Waals surface area contributed by atoms with Crippen LogP contribution in [0.15, 0.2) is 237 Å². The zero-order valence-corrected chi connectivity index (χ0v) is 38.0. The van der Waals surface area contributed by atoms with E-state index in [2.05, 4.69) is 228 Å². The summed E-state index contributed by atoms with van der Waals surface area (Å²) >= 11 is 1.80. The summed E-state index contributed by atoms with van der Waals surface area (Å²) in [6, 6.07) is 84.5. The average Bonchev–Trinajstić information content (AvgIpc) is 4.09. The molecule has 0 saturated heterocycles. The smallest absolute Gasteiger partial charge is 0.165 e. The Balaban J connectivity index is 1.06. The van der Waals surface area contributed by atoms with E-state index in [-0.39, 0.29) is 0 Å². The van der Waals surface area contributed by atoms with E-state index >= 15 is 0 Å². The lowest BCUT2D eigenvalue weighted by Gasteiger charge is -2.14. The molecule has 0 N–H and O–H groups in total. The number of benzene rings is 10. The molecule has 0 unspecified atom stereocenters. The minimum absolute atomic E-state index is 0.612. The molecule has 322 valence electrons. The highest BCUT2D eigenvalue weighted by Gasteiger charge is 2.23. The molecule has 0 aliphatic carbocycles. The average molecular weight is 898 g/mol. The molecule has 0 spiro atoms. The Morgan fingerprint density at radius 2 is 0.812 bits per heavy atom. The van der Waals surface area contributed by atoms with Crippen molar-refractivity contribution in [3.63, 3.8) is 0 Å². The standard InChI is InChI=1S/C63H39N5S/c1-4-18-40(19-5-1)42-22-16-23-43(36-42)47-29-17-33-58-59(47)52-38-46(68-55-31-14-10-26-48(55)49-27-11-15-32-56(49)68)39-53(60(52)69-58)63-65-61(41-20-6-2-7-21-41)64-62(66-63)44-34-35-51-50-28-12-13-30-54(50)67(57(51)37-44)45-24-8-3-9-25-45/h1-39H. The van der Waals surface area contributed by atoms with Crippen molar-refractivity contribution in [3.05, 3.63) is 237 Å². The van der Waals surface area contributed by atoms with Crippen LogP contribution in [0.2, 0.25) is 0 Å². The Bertz CT molecular complexity index is 4250. The van der Waals surface area contributed by atoms with Crippen LogP contribution in [0.5, 0.6) is 0 Å². The lowest BCUT2D eigenvalue weighted by molar-refractivity contribution is 1.07. The Morgan fingerprint density at radius 1 is 0.290 bits per heavy atom. The molecule has 0 saturated carbocycles. The molecule has 0 fully saturated rings. The van der Waals surface area contributed by atoms with Gasteiger partial charge < -0.3 is 9.13 Å². The van der Waals surface area contributed by atoms with E-state index in [1.165, 1.54) is 53.9 Å². The molecule has 14 aromatic rings. The number of rotatable bonds is 7. The molecule has 0 radical (unpaired) electrons. The van der Waals surface area contributed by atoms with Crippen LogP contribution >= 0.6 is 11.3 Å². The molecule has 4 heterocycles. The molecule has 14 rings (SSSR count). The third-order valence-electron chi connectivity index (χ3n) is 13.6. The maximum absolute atomic E-state index is 5.52. The fourth-order valence-electron chi connectivity index (χ4n) is 10.5. The molecule has 4 aromatic heterocycles. The normalized spacial score (nSPS) is 11.8. The van der Waals surface area contributed by atoms with Crippen molar-refractivity contribution >= 4 is 75.1 Å². The second-order valence-electron chi connectivity index (χ2n) is 17.6. The van der Waals surface area contributed by atoms with Gasteiger partial charge in [-0.25, -0.2) is 15.0 Å². The topological polar surface area (TPSA) is 48.5 Å². The predicted octanol–water partition coefficient (Wildman–Crippen LogP) is 16.8. The van der Waals surface area contributed by atoms with Gasteiger partial charge in [-0.2, -0.15) is 0 Å². The quantitative estimate of drug-likeness (QED) is 0.160. The third kappa shape index (κ3) is 6.41. The summed E-state index contributed by atoms with van der Waals surface area (Å²) in [6.07, 6.45) is 0. The van der Waals surface area contributed by atoms with Gasteiger partial charge in [0.15, 0.2) is 17.5 Å². The summed E-state index contributed by atoms with van der Waals surface area (Å²) in [5.74, 6) is 1.85. The maximum Gasteiger partial charge on any atom is 0.165 e. The van der Waals surface area contributed by atoms with Gasteiger partial charge in [-0.15, -0.1) is 11.3 Å². The van der Waals surface area contributed by atoms with Gasteiger partial charge in [-0.3, -0.25) is 0 Å². The van der Waals surface area contributed by atoms with Crippen LogP contribution in [-0.2, 0) is 0 Å². The number of fused-ring (bicyclic) bond motifs is 9. The highest BCUT2D eigenvalue weighted by Crippen LogP contribution is 2.46. The van der Waals surface area contributed by atoms with Crippen LogP contribution < -0.4 is 0 Å². The lowest BCUT2D eigenvalue weighted by Crippen LogP contribution is -2.02. The molecule has 69 heavy (non-hydrogen) atoms. The molecule has 0 amide bonds. The number of thiophene rings is 1. The SMILES string of the molecule is c1ccc(-c2cccc(-c3cccc4sc5c(-c6nc(-c7ccccc7)nc(-c7ccc8c9ccccc9n(-c9ccccc9)c8c7)n6)cc(-n6c7ccccc7c7ccccc76)cc5c34)c2)cc1. The van der Waals surface area contributed by atoms with Crippen molar-refractivity contribution in [2.24, 2.45) is 0 Å². The fourth-order valence-corrected chi connectivity index (χ4v) is 11.7. The van der Waals surface area contributed by atoms with Gasteiger partial charge in [0.1, 0.15) is 0 Å². The van der Waals surface area contributed by atoms with Crippen LogP contribution in [0.3, 0.4) is 0 Å². The molecular formula is C63H39N5S. The van der Waals surface area contributed by atoms with Crippen molar-refractivity contribution < 1.29 is 0 Å². The molecule has 0 atom stereocenters. The van der Waals surface area contributed by atoms with E-state index < -0.39 is 0 Å². The first-order valence-corrected chi connectivity index (χ1v) is 24.1. The van der Waals surface area contributed by atoms with Crippen molar-refractivity contribution in [2.75, 3.05) is 0 Å². The lowest BCUT2D eigenvalue weighted by atomic mass is 9.95. The Labute approximate surface area is 401 Å². The predicted molar refractivity (Wildman–Crippen MR) is 289 cm³/mol. The number of nitrogens with zero attached hydrogens (tertiary/aromatic N) is 5. The minimum atomic E-state index is 0.612. The molecule has 5 nitrogen and oxygen atoms in total. The largest absolute Gasteiger partial charge is 0.309 e. The van der Waals surface area contributed by atoms with Crippen LogP contribution in [-0.4, -0.2) is 24.1 Å². The van der Waals surface area contributed by atoms with E-state index in [4.69, 9.17) is 15.0 Å². The first kappa shape index (κ1) is 39.2. The van der Waals surface area contributed by atoms with E-state index in [9.17, 15) is 0 Å². The molecule has 10 aromatic carbocycles. The van der Waals surface area contributed by atoms with Gasteiger partial charge >= 0.3 is 0 Å². The summed E-state index contributed by atoms with van der Waals surface area (Å²) in [5, 5.41) is 7.16. The summed E-state index contributed by atoms with van der Waals surface area (Å²) in [4.78, 5) is 16.2. The van der Waals surface area contributed by atoms with E-state index in [0.717, 1.165) is 60.2 Å². The highest BCUT2D eigenvalue weighted by atomic mass is 32.1. The zero-order valence-electron chi connectivity index (χ0n) is 37.2. The van der Waals surface area contributed by atoms with Gasteiger partial charge in [0.2, 0.25) is 0 Å². The van der Waals surface area contributed by atoms with Gasteiger partial charge in [-0.05, 0) is 82.9 Å². The number of hydrogen-bond acceptors (Lipinski definition) is 4. The Kier molecular flexibility index (Phi) is 9.00. The van der Waals surface area contributed by atoms with Crippen molar-refractivity contribution in [3.8, 4) is 67.8 Å². The second-order valence-corrected chi connectivity index (χ2v) is 18.6. The van der Waals surface area contributed by atoms with E-state index in [1.54, 1.807) is 11.3 Å². The fraction of sp³-hybridized carbons (Fsp3) is 0. The number of hydrogen-bond donors (Lipinski definition) is 0. The van der Waals surface area contributed by atoms with Crippen molar-refractivity contribution in [1.29, 1.82) is 0 Å². The molecule has 6 heteroatoms. The molecular weight excluding hydrogens is 859 g/mol. The van der Waals surface area contributed by atoms with Gasteiger partial charge in [0, 0.05) is 69.8 Å². The summed E-state index contributed by atoms with van der Waals surface area (Å²) in [7, 11) is 0. The third-order valence-corrected chi connectivity index (χ3v) is 14.8. The Morgan fingerprint density at radius 3 is 1.49 bits per heavy atom. The van der Waals surface area contributed by atoms with Gasteiger partial charge in [0.25, 0.3) is 0 Å². The minimum Gasteiger partial charge on any atom is -0.309 e. The second kappa shape index (κ2) is 15.8. The van der Waals surface area contributed by atoms with Gasteiger partial charge in [0.05, 0.1) is 22.1 Å². The summed E-state index contributed by atoms with van der Waals surface area (Å²) < 4.78 is 7.07. The van der Waals surface area contributed by atoms with Crippen molar-refractivity contribution in [2.45, 2.75) is 0 Å². The van der Waals surface area contributed by atoms with Crippen LogP contribution in [0.1, 0.15) is 0 Å². The molecule has 0 bridgehead atoms. The van der Waals surface area contributed by atoms with E-state index in [0.29, 0.717) is 17.5 Å². The molecule has 0 aliphatic heterocycles. The van der Waals surface area contributed by atoms with Crippen molar-refractivity contribution in [1.82, 2.24) is 24.1 Å². The van der Waals surface area contributed by atoms with Crippen LogP contribution in [0.4, 0.5) is 0 Å². The van der Waals surface area contributed by atoms with Gasteiger partial charge in [-0.1, -0.05) is 176 Å². The summed E-state index contributed by atoms with van der Waals surface area (Å²) in [6.45, 7) is 0. The maximum atomic E-state index is 5.52.